The summed E-state index contributed by atoms with van der Waals surface area (Å²) in [5.41, 5.74) is 2.21. The topological polar surface area (TPSA) is 57.6 Å². The van der Waals surface area contributed by atoms with Crippen LogP contribution in [0.5, 0.6) is 0 Å². The lowest BCUT2D eigenvalue weighted by molar-refractivity contribution is -0.137. The van der Waals surface area contributed by atoms with Crippen molar-refractivity contribution in [3.05, 3.63) is 41.5 Å². The molecule has 1 aromatic rings. The van der Waals surface area contributed by atoms with Gasteiger partial charge in [-0.2, -0.15) is 0 Å². The van der Waals surface area contributed by atoms with Crippen LogP contribution in [-0.4, -0.2) is 35.5 Å². The summed E-state index contributed by atoms with van der Waals surface area (Å²) in [4.78, 5) is 23.6. The minimum atomic E-state index is -0.905. The van der Waals surface area contributed by atoms with E-state index in [-0.39, 0.29) is 18.9 Å². The Kier molecular flexibility index (Phi) is 5.97. The van der Waals surface area contributed by atoms with Crippen molar-refractivity contribution in [2.75, 3.05) is 13.6 Å². The number of benzene rings is 1. The highest BCUT2D eigenvalue weighted by atomic mass is 16.4. The molecule has 108 valence electrons. The molecule has 4 heteroatoms. The van der Waals surface area contributed by atoms with Gasteiger partial charge in [0.15, 0.2) is 0 Å². The van der Waals surface area contributed by atoms with Crippen molar-refractivity contribution in [3.8, 4) is 0 Å². The molecule has 1 amide bonds. The van der Waals surface area contributed by atoms with Crippen molar-refractivity contribution >= 4 is 18.0 Å². The third-order valence-corrected chi connectivity index (χ3v) is 3.06. The molecule has 0 fully saturated rings. The maximum Gasteiger partial charge on any atom is 0.305 e. The second kappa shape index (κ2) is 7.48. The number of aliphatic carboxylic acids is 1. The van der Waals surface area contributed by atoms with E-state index in [0.29, 0.717) is 5.92 Å². The van der Waals surface area contributed by atoms with Crippen LogP contribution in [0.25, 0.3) is 6.08 Å². The van der Waals surface area contributed by atoms with Gasteiger partial charge in [0, 0.05) is 19.7 Å². The van der Waals surface area contributed by atoms with E-state index in [4.69, 9.17) is 5.11 Å². The van der Waals surface area contributed by atoms with Crippen LogP contribution in [0.2, 0.25) is 0 Å². The van der Waals surface area contributed by atoms with Crippen molar-refractivity contribution < 1.29 is 14.7 Å². The Labute approximate surface area is 119 Å². The summed E-state index contributed by atoms with van der Waals surface area (Å²) >= 11 is 0. The fraction of sp³-hybridized carbons (Fsp3) is 0.375. The van der Waals surface area contributed by atoms with Gasteiger partial charge in [0.1, 0.15) is 0 Å². The number of carboxylic acids is 1. The van der Waals surface area contributed by atoms with Crippen LogP contribution in [0.3, 0.4) is 0 Å². The van der Waals surface area contributed by atoms with Gasteiger partial charge >= 0.3 is 5.97 Å². The average molecular weight is 275 g/mol. The van der Waals surface area contributed by atoms with E-state index >= 15 is 0 Å². The van der Waals surface area contributed by atoms with Gasteiger partial charge in [-0.25, -0.2) is 0 Å². The van der Waals surface area contributed by atoms with Gasteiger partial charge in [-0.05, 0) is 23.1 Å². The Morgan fingerprint density at radius 1 is 1.25 bits per heavy atom. The Hall–Kier alpha value is -2.10. The summed E-state index contributed by atoms with van der Waals surface area (Å²) < 4.78 is 0. The number of carboxylic acid groups (broad SMARTS) is 1. The van der Waals surface area contributed by atoms with E-state index in [1.54, 1.807) is 13.1 Å². The zero-order chi connectivity index (χ0) is 15.1. The zero-order valence-electron chi connectivity index (χ0n) is 12.2. The second-order valence-electron chi connectivity index (χ2n) is 5.06. The number of likely N-dealkylation sites (N-methyl/N-ethyl adjacent to an activating group) is 1. The van der Waals surface area contributed by atoms with Gasteiger partial charge in [-0.15, -0.1) is 0 Å². The lowest BCUT2D eigenvalue weighted by Gasteiger charge is -2.13. The maximum atomic E-state index is 11.8. The monoisotopic (exact) mass is 275 g/mol. The minimum Gasteiger partial charge on any atom is -0.481 e. The maximum absolute atomic E-state index is 11.8. The lowest BCUT2D eigenvalue weighted by atomic mass is 10.0. The average Bonchev–Trinajstić information content (AvgIpc) is 2.42. The molecular formula is C16H21NO3. The molecule has 0 aliphatic carbocycles. The third kappa shape index (κ3) is 5.26. The lowest BCUT2D eigenvalue weighted by Crippen LogP contribution is -2.27. The first-order valence-electron chi connectivity index (χ1n) is 6.65. The molecule has 0 aliphatic heterocycles. The minimum absolute atomic E-state index is 0.0425. The van der Waals surface area contributed by atoms with Crippen LogP contribution in [-0.2, 0) is 9.59 Å². The molecule has 0 radical (unpaired) electrons. The smallest absolute Gasteiger partial charge is 0.305 e. The molecule has 1 aromatic carbocycles. The fourth-order valence-corrected chi connectivity index (χ4v) is 1.66. The fourth-order valence-electron chi connectivity index (χ4n) is 1.66. The van der Waals surface area contributed by atoms with E-state index in [1.807, 2.05) is 24.3 Å². The van der Waals surface area contributed by atoms with Crippen LogP contribution in [0.4, 0.5) is 0 Å². The molecular weight excluding hydrogens is 254 g/mol. The molecule has 0 aliphatic rings. The summed E-state index contributed by atoms with van der Waals surface area (Å²) in [7, 11) is 1.59. The summed E-state index contributed by atoms with van der Waals surface area (Å²) in [6.07, 6.45) is 3.16. The van der Waals surface area contributed by atoms with Crippen molar-refractivity contribution in [3.63, 3.8) is 0 Å². The zero-order valence-corrected chi connectivity index (χ0v) is 12.2. The molecule has 1 rings (SSSR count). The number of carbonyl (C=O) groups excluding carboxylic acids is 1. The predicted octanol–water partition coefficient (Wildman–Crippen LogP) is 2.76. The molecule has 0 spiro atoms. The van der Waals surface area contributed by atoms with Crippen LogP contribution in [0, 0.1) is 0 Å². The first-order chi connectivity index (χ1) is 9.40. The molecule has 0 unspecified atom stereocenters. The number of hydrogen-bond donors (Lipinski definition) is 1. The highest BCUT2D eigenvalue weighted by molar-refractivity contribution is 5.91. The summed E-state index contributed by atoms with van der Waals surface area (Å²) in [6.45, 7) is 4.47. The normalized spacial score (nSPS) is 11.0. The standard InChI is InChI=1S/C16H21NO3/c1-12(2)14-7-4-13(5-8-14)6-9-15(18)17(3)11-10-16(19)20/h4-9,12H,10-11H2,1-3H3,(H,19,20)/b9-6+. The third-order valence-electron chi connectivity index (χ3n) is 3.06. The molecule has 0 bridgehead atoms. The van der Waals surface area contributed by atoms with Crippen LogP contribution < -0.4 is 0 Å². The second-order valence-corrected chi connectivity index (χ2v) is 5.06. The first-order valence-corrected chi connectivity index (χ1v) is 6.65. The summed E-state index contributed by atoms with van der Waals surface area (Å²) in [5, 5.41) is 8.57. The number of hydrogen-bond acceptors (Lipinski definition) is 2. The number of rotatable bonds is 6. The SMILES string of the molecule is CC(C)c1ccc(/C=C/C(=O)N(C)CCC(=O)O)cc1. The first kappa shape index (κ1) is 16.0. The van der Waals surface area contributed by atoms with Crippen molar-refractivity contribution in [2.45, 2.75) is 26.2 Å². The van der Waals surface area contributed by atoms with Crippen molar-refractivity contribution in [1.82, 2.24) is 4.90 Å². The number of amides is 1. The van der Waals surface area contributed by atoms with Crippen molar-refractivity contribution in [1.29, 1.82) is 0 Å². The van der Waals surface area contributed by atoms with Gasteiger partial charge in [-0.3, -0.25) is 9.59 Å². The quantitative estimate of drug-likeness (QED) is 0.812. The highest BCUT2D eigenvalue weighted by Crippen LogP contribution is 2.15. The number of nitrogens with zero attached hydrogens (tertiary/aromatic N) is 1. The molecule has 0 aromatic heterocycles. The molecule has 0 saturated heterocycles. The largest absolute Gasteiger partial charge is 0.481 e. The highest BCUT2D eigenvalue weighted by Gasteiger charge is 2.06. The molecule has 0 saturated carbocycles. The Bertz CT molecular complexity index is 489. The van der Waals surface area contributed by atoms with E-state index < -0.39 is 5.97 Å². The molecule has 1 N–H and O–H groups in total. The Morgan fingerprint density at radius 2 is 1.85 bits per heavy atom. The molecule has 0 atom stereocenters. The van der Waals surface area contributed by atoms with Gasteiger partial charge < -0.3 is 10.0 Å². The van der Waals surface area contributed by atoms with Crippen molar-refractivity contribution in [2.24, 2.45) is 0 Å². The van der Waals surface area contributed by atoms with Gasteiger partial charge in [0.05, 0.1) is 6.42 Å². The molecule has 0 heterocycles. The number of carbonyl (C=O) groups is 2. The van der Waals surface area contributed by atoms with Gasteiger partial charge in [0.25, 0.3) is 0 Å². The van der Waals surface area contributed by atoms with Crippen LogP contribution in [0.1, 0.15) is 37.3 Å². The van der Waals surface area contributed by atoms with Crippen LogP contribution >= 0.6 is 0 Å². The van der Waals surface area contributed by atoms with E-state index in [2.05, 4.69) is 13.8 Å². The van der Waals surface area contributed by atoms with E-state index in [1.165, 1.54) is 16.5 Å². The predicted molar refractivity (Wildman–Crippen MR) is 79.5 cm³/mol. The molecule has 20 heavy (non-hydrogen) atoms. The molecule has 4 nitrogen and oxygen atoms in total. The Balaban J connectivity index is 2.58. The Morgan fingerprint density at radius 3 is 2.35 bits per heavy atom. The van der Waals surface area contributed by atoms with Crippen LogP contribution in [0.15, 0.2) is 30.3 Å². The summed E-state index contributed by atoms with van der Waals surface area (Å²) in [6, 6.07) is 8.03. The van der Waals surface area contributed by atoms with E-state index in [0.717, 1.165) is 5.56 Å². The van der Waals surface area contributed by atoms with Gasteiger partial charge in [0.2, 0.25) is 5.91 Å². The van der Waals surface area contributed by atoms with Gasteiger partial charge in [-0.1, -0.05) is 38.1 Å². The van der Waals surface area contributed by atoms with E-state index in [9.17, 15) is 9.59 Å². The summed E-state index contributed by atoms with van der Waals surface area (Å²) in [5.74, 6) is -0.617.